The van der Waals surface area contributed by atoms with Crippen LogP contribution in [0.25, 0.3) is 0 Å². The summed E-state index contributed by atoms with van der Waals surface area (Å²) in [6.45, 7) is 7.59. The van der Waals surface area contributed by atoms with Gasteiger partial charge in [-0.25, -0.2) is 19.6 Å². The molecule has 3 N–H and O–H groups in total. The topological polar surface area (TPSA) is 142 Å². The number of carboxylic acid groups (broad SMARTS) is 1. The van der Waals surface area contributed by atoms with Gasteiger partial charge in [-0.3, -0.25) is 9.69 Å². The number of aliphatic carboxylic acids is 1. The van der Waals surface area contributed by atoms with E-state index in [1.807, 2.05) is 6.07 Å². The Morgan fingerprint density at radius 3 is 2.21 bits per heavy atom. The van der Waals surface area contributed by atoms with Crippen molar-refractivity contribution in [2.75, 3.05) is 42.5 Å². The number of primary amides is 1. The number of para-hydroxylation sites is 1. The number of nitrogens with zero attached hydrogens (tertiary/aromatic N) is 5. The number of urea groups is 1. The number of carboxylic acids is 1. The zero-order valence-electron chi connectivity index (χ0n) is 19.0. The molecule has 1 aliphatic heterocycles. The highest BCUT2D eigenvalue weighted by Crippen LogP contribution is 2.17. The number of nitrogens with two attached hydrogens (primary N) is 1. The number of benzene rings is 1. The summed E-state index contributed by atoms with van der Waals surface area (Å²) < 4.78 is 5.18. The molecule has 11 heteroatoms. The van der Waals surface area contributed by atoms with Crippen LogP contribution >= 0.6 is 0 Å². The Bertz CT molecular complexity index is 912. The standard InChI is InChI=1S/C13H17NO4.C9H13N5O/c1-13(2,3)18-12(17)14(9-11(15)16)10-7-5-4-6-8-10;10-9(15)14-5-3-13(4-6-14)8-1-2-11-7-12-8/h4-8H,9H2,1-3H3,(H,15,16);1-2,7H,3-6H2,(H2,10,15). The summed E-state index contributed by atoms with van der Waals surface area (Å²) in [5.41, 5.74) is 5.02. The van der Waals surface area contributed by atoms with Gasteiger partial charge in [-0.15, -0.1) is 0 Å². The maximum atomic E-state index is 11.9. The van der Waals surface area contributed by atoms with Gasteiger partial charge in [-0.1, -0.05) is 18.2 Å². The summed E-state index contributed by atoms with van der Waals surface area (Å²) >= 11 is 0. The lowest BCUT2D eigenvalue weighted by Gasteiger charge is -2.34. The van der Waals surface area contributed by atoms with E-state index in [-0.39, 0.29) is 6.03 Å². The molecule has 1 aromatic heterocycles. The van der Waals surface area contributed by atoms with E-state index < -0.39 is 24.2 Å². The number of piperazine rings is 1. The van der Waals surface area contributed by atoms with Crippen LogP contribution < -0.4 is 15.5 Å². The van der Waals surface area contributed by atoms with E-state index in [4.69, 9.17) is 15.6 Å². The van der Waals surface area contributed by atoms with Crippen LogP contribution in [0.4, 0.5) is 21.1 Å². The number of hydrogen-bond acceptors (Lipinski definition) is 7. The number of carbonyl (C=O) groups is 3. The zero-order valence-corrected chi connectivity index (χ0v) is 19.0. The first-order chi connectivity index (χ1) is 15.6. The number of hydrogen-bond donors (Lipinski definition) is 2. The molecule has 3 rings (SSSR count). The average Bonchev–Trinajstić information content (AvgIpc) is 2.78. The van der Waals surface area contributed by atoms with Gasteiger partial charge in [0.25, 0.3) is 0 Å². The molecule has 0 bridgehead atoms. The Morgan fingerprint density at radius 2 is 1.73 bits per heavy atom. The van der Waals surface area contributed by atoms with E-state index in [0.29, 0.717) is 18.8 Å². The van der Waals surface area contributed by atoms with Crippen molar-refractivity contribution in [1.29, 1.82) is 0 Å². The highest BCUT2D eigenvalue weighted by Gasteiger charge is 2.25. The molecule has 0 radical (unpaired) electrons. The van der Waals surface area contributed by atoms with E-state index in [0.717, 1.165) is 23.8 Å². The summed E-state index contributed by atoms with van der Waals surface area (Å²) in [5.74, 6) is -0.196. The third kappa shape index (κ3) is 8.63. The van der Waals surface area contributed by atoms with Gasteiger partial charge < -0.3 is 25.4 Å². The minimum atomic E-state index is -1.09. The monoisotopic (exact) mass is 458 g/mol. The third-order valence-electron chi connectivity index (χ3n) is 4.46. The summed E-state index contributed by atoms with van der Waals surface area (Å²) in [4.78, 5) is 46.5. The second-order valence-electron chi connectivity index (χ2n) is 8.18. The Morgan fingerprint density at radius 1 is 1.09 bits per heavy atom. The average molecular weight is 459 g/mol. The maximum Gasteiger partial charge on any atom is 0.415 e. The summed E-state index contributed by atoms with van der Waals surface area (Å²) in [6.07, 6.45) is 2.56. The minimum Gasteiger partial charge on any atom is -0.480 e. The molecule has 0 spiro atoms. The summed E-state index contributed by atoms with van der Waals surface area (Å²) in [5, 5.41) is 8.84. The normalized spacial score (nSPS) is 13.4. The van der Waals surface area contributed by atoms with Gasteiger partial charge in [-0.2, -0.15) is 0 Å². The number of carbonyl (C=O) groups excluding carboxylic acids is 2. The van der Waals surface area contributed by atoms with E-state index in [9.17, 15) is 14.4 Å². The lowest BCUT2D eigenvalue weighted by molar-refractivity contribution is -0.135. The molecule has 11 nitrogen and oxygen atoms in total. The van der Waals surface area contributed by atoms with Crippen LogP contribution in [0.1, 0.15) is 20.8 Å². The van der Waals surface area contributed by atoms with Crippen molar-refractivity contribution in [3.8, 4) is 0 Å². The summed E-state index contributed by atoms with van der Waals surface area (Å²) in [7, 11) is 0. The van der Waals surface area contributed by atoms with Crippen molar-refractivity contribution >= 4 is 29.6 Å². The highest BCUT2D eigenvalue weighted by atomic mass is 16.6. The third-order valence-corrected chi connectivity index (χ3v) is 4.46. The fourth-order valence-electron chi connectivity index (χ4n) is 2.95. The lowest BCUT2D eigenvalue weighted by atomic mass is 10.2. The molecule has 0 atom stereocenters. The highest BCUT2D eigenvalue weighted by molar-refractivity contribution is 5.93. The number of ether oxygens (including phenoxy) is 1. The first kappa shape index (κ1) is 25.4. The van der Waals surface area contributed by atoms with Gasteiger partial charge >= 0.3 is 18.1 Å². The second-order valence-corrected chi connectivity index (χ2v) is 8.18. The Hall–Kier alpha value is -3.89. The largest absolute Gasteiger partial charge is 0.480 e. The molecule has 0 unspecified atom stereocenters. The molecule has 0 aliphatic carbocycles. The zero-order chi connectivity index (χ0) is 24.4. The van der Waals surface area contributed by atoms with Crippen LogP contribution in [-0.2, 0) is 9.53 Å². The lowest BCUT2D eigenvalue weighted by Crippen LogP contribution is -2.50. The quantitative estimate of drug-likeness (QED) is 0.710. The van der Waals surface area contributed by atoms with Crippen molar-refractivity contribution in [2.24, 2.45) is 5.73 Å². The smallest absolute Gasteiger partial charge is 0.415 e. The molecule has 1 fully saturated rings. The van der Waals surface area contributed by atoms with Crippen molar-refractivity contribution < 1.29 is 24.2 Å². The van der Waals surface area contributed by atoms with Crippen molar-refractivity contribution in [1.82, 2.24) is 14.9 Å². The molecule has 1 saturated heterocycles. The van der Waals surface area contributed by atoms with Crippen molar-refractivity contribution in [2.45, 2.75) is 26.4 Å². The molecule has 2 heterocycles. The van der Waals surface area contributed by atoms with Gasteiger partial charge in [0, 0.05) is 38.1 Å². The Kier molecular flexibility index (Phi) is 8.96. The van der Waals surface area contributed by atoms with Gasteiger partial charge in [-0.05, 0) is 39.0 Å². The van der Waals surface area contributed by atoms with Crippen molar-refractivity contribution in [3.05, 3.63) is 48.9 Å². The van der Waals surface area contributed by atoms with Crippen LogP contribution in [0.5, 0.6) is 0 Å². The molecular weight excluding hydrogens is 428 g/mol. The van der Waals surface area contributed by atoms with E-state index in [1.54, 1.807) is 62.2 Å². The molecule has 3 amide bonds. The van der Waals surface area contributed by atoms with Crippen LogP contribution in [0.3, 0.4) is 0 Å². The number of anilines is 2. The van der Waals surface area contributed by atoms with Crippen LogP contribution in [-0.4, -0.2) is 76.4 Å². The van der Waals surface area contributed by atoms with Crippen LogP contribution in [0.15, 0.2) is 48.9 Å². The van der Waals surface area contributed by atoms with Gasteiger partial charge in [0.1, 0.15) is 24.3 Å². The van der Waals surface area contributed by atoms with E-state index >= 15 is 0 Å². The molecule has 0 saturated carbocycles. The Labute approximate surface area is 192 Å². The Balaban J connectivity index is 0.000000237. The van der Waals surface area contributed by atoms with E-state index in [2.05, 4.69) is 14.9 Å². The number of rotatable bonds is 4. The predicted molar refractivity (Wildman–Crippen MR) is 123 cm³/mol. The van der Waals surface area contributed by atoms with E-state index in [1.165, 1.54) is 6.33 Å². The second kappa shape index (κ2) is 11.7. The molecule has 178 valence electrons. The van der Waals surface area contributed by atoms with Crippen molar-refractivity contribution in [3.63, 3.8) is 0 Å². The maximum absolute atomic E-state index is 11.9. The number of amides is 3. The molecule has 1 aliphatic rings. The number of aromatic nitrogens is 2. The SMILES string of the molecule is CC(C)(C)OC(=O)N(CC(=O)O)c1ccccc1.NC(=O)N1CCN(c2ccncn2)CC1. The van der Waals surface area contributed by atoms with Gasteiger partial charge in [0.15, 0.2) is 0 Å². The molecule has 1 aromatic carbocycles. The molecular formula is C22H30N6O5. The first-order valence-electron chi connectivity index (χ1n) is 10.4. The van der Waals surface area contributed by atoms with Crippen LogP contribution in [0, 0.1) is 0 Å². The van der Waals surface area contributed by atoms with Crippen LogP contribution in [0.2, 0.25) is 0 Å². The first-order valence-corrected chi connectivity index (χ1v) is 10.4. The molecule has 2 aromatic rings. The van der Waals surface area contributed by atoms with Gasteiger partial charge in [0.2, 0.25) is 0 Å². The fraction of sp³-hybridized carbons (Fsp3) is 0.409. The predicted octanol–water partition coefficient (Wildman–Crippen LogP) is 2.19. The van der Waals surface area contributed by atoms with Gasteiger partial charge in [0.05, 0.1) is 0 Å². The summed E-state index contributed by atoms with van der Waals surface area (Å²) in [6, 6.07) is 10.1. The molecule has 33 heavy (non-hydrogen) atoms. The fourth-order valence-corrected chi connectivity index (χ4v) is 2.95. The minimum absolute atomic E-state index is 0.350.